The minimum atomic E-state index is -3.85. The van der Waals surface area contributed by atoms with Crippen molar-refractivity contribution in [1.29, 1.82) is 0 Å². The summed E-state index contributed by atoms with van der Waals surface area (Å²) in [7, 11) is -3.85. The lowest BCUT2D eigenvalue weighted by molar-refractivity contribution is -0.119. The largest absolute Gasteiger partial charge is 0.305 e. The third kappa shape index (κ3) is 4.12. The lowest BCUT2D eigenvalue weighted by Gasteiger charge is -2.22. The number of sulfonamides is 1. The van der Waals surface area contributed by atoms with E-state index in [-0.39, 0.29) is 30.4 Å². The van der Waals surface area contributed by atoms with Crippen LogP contribution in [0.1, 0.15) is 16.7 Å². The molecule has 0 radical (unpaired) electrons. The number of hydrogen-bond donors (Lipinski definition) is 0. The van der Waals surface area contributed by atoms with E-state index in [0.29, 0.717) is 10.7 Å². The molecule has 7 heteroatoms. The van der Waals surface area contributed by atoms with Gasteiger partial charge in [0.05, 0.1) is 18.8 Å². The van der Waals surface area contributed by atoms with Gasteiger partial charge in [-0.2, -0.15) is 4.31 Å². The molecule has 0 saturated carbocycles. The van der Waals surface area contributed by atoms with Crippen molar-refractivity contribution in [3.8, 4) is 0 Å². The number of hydrogen-bond acceptors (Lipinski definition) is 3. The van der Waals surface area contributed by atoms with Crippen molar-refractivity contribution >= 4 is 33.2 Å². The molecule has 0 bridgehead atoms. The maximum absolute atomic E-state index is 13.4. The van der Waals surface area contributed by atoms with E-state index in [2.05, 4.69) is 0 Å². The van der Waals surface area contributed by atoms with Gasteiger partial charge in [-0.25, -0.2) is 8.42 Å². The van der Waals surface area contributed by atoms with E-state index in [1.54, 1.807) is 36.4 Å². The SMILES string of the molecule is Cc1cccc(CN2CC(=O)N(Cc3ccc(Cl)cc3)c3ccccc3S2(=O)=O)c1. The molecule has 0 saturated heterocycles. The van der Waals surface area contributed by atoms with Gasteiger partial charge in [-0.3, -0.25) is 4.79 Å². The third-order valence-corrected chi connectivity index (χ3v) is 7.17. The highest BCUT2D eigenvalue weighted by molar-refractivity contribution is 7.89. The zero-order chi connectivity index (χ0) is 21.3. The average molecular weight is 441 g/mol. The number of carbonyl (C=O) groups is 1. The first-order valence-corrected chi connectivity index (χ1v) is 11.4. The Morgan fingerprint density at radius 1 is 0.900 bits per heavy atom. The van der Waals surface area contributed by atoms with Crippen LogP contribution in [-0.2, 0) is 27.9 Å². The third-order valence-electron chi connectivity index (χ3n) is 5.08. The standard InChI is InChI=1S/C23H21ClN2O3S/c1-17-5-4-6-19(13-17)14-25-16-23(27)26(15-18-9-11-20(24)12-10-18)21-7-2-3-8-22(21)30(25,28)29/h2-13H,14-16H2,1H3. The van der Waals surface area contributed by atoms with Gasteiger partial charge >= 0.3 is 0 Å². The number of carbonyl (C=O) groups excluding carboxylic acids is 1. The van der Waals surface area contributed by atoms with Crippen LogP contribution in [0, 0.1) is 6.92 Å². The Kier molecular flexibility index (Phi) is 5.64. The lowest BCUT2D eigenvalue weighted by atomic mass is 10.1. The van der Waals surface area contributed by atoms with Gasteiger partial charge in [0.15, 0.2) is 0 Å². The molecule has 0 fully saturated rings. The summed E-state index contributed by atoms with van der Waals surface area (Å²) in [5.41, 5.74) is 3.14. The number of aryl methyl sites for hydroxylation is 1. The molecule has 0 aromatic heterocycles. The molecule has 154 valence electrons. The van der Waals surface area contributed by atoms with Crippen LogP contribution in [0.3, 0.4) is 0 Å². The fraction of sp³-hybridized carbons (Fsp3) is 0.174. The molecule has 1 aliphatic rings. The van der Waals surface area contributed by atoms with Crippen molar-refractivity contribution in [1.82, 2.24) is 4.31 Å². The highest BCUT2D eigenvalue weighted by Crippen LogP contribution is 2.33. The number of para-hydroxylation sites is 1. The second kappa shape index (κ2) is 8.22. The number of rotatable bonds is 4. The highest BCUT2D eigenvalue weighted by atomic mass is 35.5. The van der Waals surface area contributed by atoms with Gasteiger partial charge in [0, 0.05) is 11.6 Å². The molecule has 0 atom stereocenters. The fourth-order valence-electron chi connectivity index (χ4n) is 3.59. The van der Waals surface area contributed by atoms with Gasteiger partial charge in [-0.05, 0) is 42.3 Å². The summed E-state index contributed by atoms with van der Waals surface area (Å²) in [6, 6.07) is 21.5. The Morgan fingerprint density at radius 3 is 2.37 bits per heavy atom. The summed E-state index contributed by atoms with van der Waals surface area (Å²) >= 11 is 5.97. The van der Waals surface area contributed by atoms with Crippen LogP contribution in [0.25, 0.3) is 0 Å². The smallest absolute Gasteiger partial charge is 0.245 e. The van der Waals surface area contributed by atoms with E-state index in [4.69, 9.17) is 11.6 Å². The molecule has 4 rings (SSSR count). The summed E-state index contributed by atoms with van der Waals surface area (Å²) in [5.74, 6) is -0.272. The molecule has 0 aliphatic carbocycles. The van der Waals surface area contributed by atoms with Gasteiger partial charge in [0.1, 0.15) is 4.90 Å². The van der Waals surface area contributed by atoms with E-state index >= 15 is 0 Å². The fourth-order valence-corrected chi connectivity index (χ4v) is 5.29. The van der Waals surface area contributed by atoms with E-state index < -0.39 is 10.0 Å². The molecule has 0 N–H and O–H groups in total. The topological polar surface area (TPSA) is 57.7 Å². The Bertz CT molecular complexity index is 1190. The number of nitrogens with zero attached hydrogens (tertiary/aromatic N) is 2. The predicted molar refractivity (Wildman–Crippen MR) is 118 cm³/mol. The zero-order valence-electron chi connectivity index (χ0n) is 16.5. The Hall–Kier alpha value is -2.67. The van der Waals surface area contributed by atoms with Crippen molar-refractivity contribution in [3.05, 3.63) is 94.5 Å². The average Bonchev–Trinajstić information content (AvgIpc) is 2.79. The maximum atomic E-state index is 13.4. The number of fused-ring (bicyclic) bond motifs is 1. The van der Waals surface area contributed by atoms with Crippen LogP contribution in [0.15, 0.2) is 77.7 Å². The Morgan fingerprint density at radius 2 is 1.63 bits per heavy atom. The molecular formula is C23H21ClN2O3S. The van der Waals surface area contributed by atoms with Crippen LogP contribution >= 0.6 is 11.6 Å². The number of amides is 1. The minimum Gasteiger partial charge on any atom is -0.305 e. The molecule has 1 aliphatic heterocycles. The lowest BCUT2D eigenvalue weighted by Crippen LogP contribution is -2.38. The molecule has 0 unspecified atom stereocenters. The number of anilines is 1. The van der Waals surface area contributed by atoms with E-state index in [0.717, 1.165) is 16.7 Å². The number of halogens is 1. The first kappa shape index (κ1) is 20.6. The molecule has 3 aromatic rings. The van der Waals surface area contributed by atoms with Crippen molar-refractivity contribution in [3.63, 3.8) is 0 Å². The summed E-state index contributed by atoms with van der Waals surface area (Å²) in [6.07, 6.45) is 0. The Labute approximate surface area is 181 Å². The second-order valence-electron chi connectivity index (χ2n) is 7.34. The molecular weight excluding hydrogens is 420 g/mol. The van der Waals surface area contributed by atoms with Gasteiger partial charge in [-0.15, -0.1) is 0 Å². The van der Waals surface area contributed by atoms with E-state index in [1.165, 1.54) is 9.21 Å². The van der Waals surface area contributed by atoms with Gasteiger partial charge in [-0.1, -0.05) is 65.7 Å². The number of benzene rings is 3. The normalized spacial score (nSPS) is 16.2. The summed E-state index contributed by atoms with van der Waals surface area (Å²) in [5, 5.41) is 0.605. The summed E-state index contributed by atoms with van der Waals surface area (Å²) in [4.78, 5) is 14.9. The first-order valence-electron chi connectivity index (χ1n) is 9.54. The van der Waals surface area contributed by atoms with Crippen molar-refractivity contribution in [2.24, 2.45) is 0 Å². The zero-order valence-corrected chi connectivity index (χ0v) is 18.0. The van der Waals surface area contributed by atoms with Crippen molar-refractivity contribution < 1.29 is 13.2 Å². The van der Waals surface area contributed by atoms with Gasteiger partial charge < -0.3 is 4.90 Å². The van der Waals surface area contributed by atoms with Crippen LogP contribution in [-0.4, -0.2) is 25.2 Å². The summed E-state index contributed by atoms with van der Waals surface area (Å²) in [6.45, 7) is 2.13. The van der Waals surface area contributed by atoms with Gasteiger partial charge in [0.25, 0.3) is 0 Å². The first-order chi connectivity index (χ1) is 14.3. The molecule has 1 heterocycles. The maximum Gasteiger partial charge on any atom is 0.245 e. The minimum absolute atomic E-state index is 0.137. The second-order valence-corrected chi connectivity index (χ2v) is 9.68. The van der Waals surface area contributed by atoms with Crippen molar-refractivity contribution in [2.75, 3.05) is 11.4 Å². The van der Waals surface area contributed by atoms with Crippen LogP contribution in [0.2, 0.25) is 5.02 Å². The highest BCUT2D eigenvalue weighted by Gasteiger charge is 2.36. The van der Waals surface area contributed by atoms with Gasteiger partial charge in [0.2, 0.25) is 15.9 Å². The van der Waals surface area contributed by atoms with E-state index in [9.17, 15) is 13.2 Å². The molecule has 0 spiro atoms. The van der Waals surface area contributed by atoms with Crippen LogP contribution in [0.5, 0.6) is 0 Å². The van der Waals surface area contributed by atoms with Crippen molar-refractivity contribution in [2.45, 2.75) is 24.9 Å². The quantitative estimate of drug-likeness (QED) is 0.604. The Balaban J connectivity index is 1.74. The molecule has 1 amide bonds. The predicted octanol–water partition coefficient (Wildman–Crippen LogP) is 4.39. The van der Waals surface area contributed by atoms with Crippen LogP contribution < -0.4 is 4.90 Å². The molecule has 3 aromatic carbocycles. The monoisotopic (exact) mass is 440 g/mol. The van der Waals surface area contributed by atoms with E-state index in [1.807, 2.05) is 43.3 Å². The molecule has 5 nitrogen and oxygen atoms in total. The van der Waals surface area contributed by atoms with Crippen LogP contribution in [0.4, 0.5) is 5.69 Å². The summed E-state index contributed by atoms with van der Waals surface area (Å²) < 4.78 is 28.1. The molecule has 30 heavy (non-hydrogen) atoms.